The molecule has 0 aromatic heterocycles. The zero-order valence-corrected chi connectivity index (χ0v) is 15.6. The quantitative estimate of drug-likeness (QED) is 0.724. The second kappa shape index (κ2) is 9.93. The molecule has 1 saturated heterocycles. The van der Waals surface area contributed by atoms with Crippen molar-refractivity contribution in [1.29, 1.82) is 0 Å². The molecule has 1 fully saturated rings. The molecule has 5 heteroatoms. The first-order valence-electron chi connectivity index (χ1n) is 9.13. The van der Waals surface area contributed by atoms with Gasteiger partial charge < -0.3 is 14.6 Å². The third-order valence-electron chi connectivity index (χ3n) is 4.46. The molecule has 1 heterocycles. The predicted octanol–water partition coefficient (Wildman–Crippen LogP) is 3.76. The zero-order valence-electron chi connectivity index (χ0n) is 14.9. The minimum absolute atomic E-state index is 0.248. The Labute approximate surface area is 160 Å². The van der Waals surface area contributed by atoms with Crippen molar-refractivity contribution in [2.75, 3.05) is 26.3 Å². The van der Waals surface area contributed by atoms with Gasteiger partial charge in [-0.15, -0.1) is 0 Å². The topological polar surface area (TPSA) is 41.9 Å². The summed E-state index contributed by atoms with van der Waals surface area (Å²) in [5.41, 5.74) is 1.23. The number of nitrogens with zero attached hydrogens (tertiary/aromatic N) is 1. The minimum atomic E-state index is -0.573. The molecule has 0 saturated carbocycles. The van der Waals surface area contributed by atoms with Crippen LogP contribution < -0.4 is 4.74 Å². The molecule has 26 heavy (non-hydrogen) atoms. The summed E-state index contributed by atoms with van der Waals surface area (Å²) in [7, 11) is 0. The van der Waals surface area contributed by atoms with E-state index in [1.165, 1.54) is 5.56 Å². The van der Waals surface area contributed by atoms with E-state index in [0.717, 1.165) is 32.5 Å². The van der Waals surface area contributed by atoms with Crippen molar-refractivity contribution < 1.29 is 14.6 Å². The van der Waals surface area contributed by atoms with E-state index in [9.17, 15) is 5.11 Å². The van der Waals surface area contributed by atoms with Gasteiger partial charge in [0, 0.05) is 31.3 Å². The number of aliphatic hydroxyl groups is 1. The molecule has 2 aromatic carbocycles. The molecule has 2 aromatic rings. The van der Waals surface area contributed by atoms with E-state index in [-0.39, 0.29) is 12.7 Å². The molecule has 140 valence electrons. The Kier molecular flexibility index (Phi) is 7.32. The van der Waals surface area contributed by atoms with Crippen molar-refractivity contribution in [3.63, 3.8) is 0 Å². The summed E-state index contributed by atoms with van der Waals surface area (Å²) in [6, 6.07) is 17.5. The third kappa shape index (κ3) is 6.29. The molecule has 0 bridgehead atoms. The first-order valence-corrected chi connectivity index (χ1v) is 9.51. The van der Waals surface area contributed by atoms with Gasteiger partial charge in [0.05, 0.1) is 6.10 Å². The molecule has 4 nitrogen and oxygen atoms in total. The smallest absolute Gasteiger partial charge is 0.119 e. The van der Waals surface area contributed by atoms with Crippen molar-refractivity contribution >= 4 is 11.6 Å². The predicted molar refractivity (Wildman–Crippen MR) is 104 cm³/mol. The Balaban J connectivity index is 1.53. The molecule has 0 amide bonds. The van der Waals surface area contributed by atoms with Gasteiger partial charge in [0.1, 0.15) is 18.5 Å². The van der Waals surface area contributed by atoms with Crippen molar-refractivity contribution in [2.45, 2.75) is 31.6 Å². The highest BCUT2D eigenvalue weighted by atomic mass is 35.5. The molecule has 1 N–H and O–H groups in total. The number of ether oxygens (including phenoxy) is 2. The first-order chi connectivity index (χ1) is 12.7. The Bertz CT molecular complexity index is 644. The fraction of sp³-hybridized carbons (Fsp3) is 0.429. The number of halogens is 1. The fourth-order valence-corrected chi connectivity index (χ4v) is 3.32. The van der Waals surface area contributed by atoms with Gasteiger partial charge in [0.15, 0.2) is 0 Å². The molecule has 0 aliphatic carbocycles. The Morgan fingerprint density at radius 3 is 2.62 bits per heavy atom. The van der Waals surface area contributed by atoms with Crippen LogP contribution in [0.1, 0.15) is 18.4 Å². The van der Waals surface area contributed by atoms with Gasteiger partial charge in [-0.3, -0.25) is 4.90 Å². The molecule has 1 aliphatic rings. The van der Waals surface area contributed by atoms with Crippen LogP contribution in [-0.2, 0) is 11.3 Å². The number of hydrogen-bond donors (Lipinski definition) is 1. The molecule has 3 rings (SSSR count). The van der Waals surface area contributed by atoms with Crippen LogP contribution >= 0.6 is 11.6 Å². The highest BCUT2D eigenvalue weighted by molar-refractivity contribution is 6.30. The van der Waals surface area contributed by atoms with Crippen molar-refractivity contribution in [3.05, 3.63) is 65.2 Å². The van der Waals surface area contributed by atoms with Gasteiger partial charge in [-0.1, -0.05) is 41.9 Å². The van der Waals surface area contributed by atoms with Crippen LogP contribution in [0, 0.1) is 0 Å². The fourth-order valence-electron chi connectivity index (χ4n) is 3.20. The number of aliphatic hydroxyl groups excluding tert-OH is 1. The summed E-state index contributed by atoms with van der Waals surface area (Å²) in [4.78, 5) is 2.25. The van der Waals surface area contributed by atoms with Gasteiger partial charge >= 0.3 is 0 Å². The minimum Gasteiger partial charge on any atom is -0.491 e. The Hall–Kier alpha value is -1.59. The summed E-state index contributed by atoms with van der Waals surface area (Å²) < 4.78 is 11.5. The van der Waals surface area contributed by atoms with Gasteiger partial charge in [0.25, 0.3) is 0 Å². The second-order valence-corrected chi connectivity index (χ2v) is 7.17. The van der Waals surface area contributed by atoms with Crippen LogP contribution in [0.15, 0.2) is 54.6 Å². The van der Waals surface area contributed by atoms with Crippen LogP contribution in [0.2, 0.25) is 5.02 Å². The van der Waals surface area contributed by atoms with E-state index in [4.69, 9.17) is 21.1 Å². The van der Waals surface area contributed by atoms with Crippen LogP contribution in [0.25, 0.3) is 0 Å². The zero-order chi connectivity index (χ0) is 18.2. The summed E-state index contributed by atoms with van der Waals surface area (Å²) in [6.45, 7) is 3.25. The lowest BCUT2D eigenvalue weighted by atomic mass is 10.1. The van der Waals surface area contributed by atoms with Gasteiger partial charge in [0.2, 0.25) is 0 Å². The highest BCUT2D eigenvalue weighted by Crippen LogP contribution is 2.17. The molecule has 2 atom stereocenters. The standard InChI is InChI=1S/C21H26ClNO3/c22-18-8-10-20(11-9-18)26-16-19(24)14-23(15-21-7-4-12-25-21)13-17-5-2-1-3-6-17/h1-3,5-6,8-11,19,21,24H,4,7,12-16H2. The number of benzene rings is 2. The highest BCUT2D eigenvalue weighted by Gasteiger charge is 2.21. The van der Waals surface area contributed by atoms with Crippen LogP contribution in [0.4, 0.5) is 0 Å². The maximum absolute atomic E-state index is 10.5. The Morgan fingerprint density at radius 1 is 1.15 bits per heavy atom. The molecular weight excluding hydrogens is 350 g/mol. The molecule has 0 spiro atoms. The number of hydrogen-bond acceptors (Lipinski definition) is 4. The van der Waals surface area contributed by atoms with Gasteiger partial charge in [-0.25, -0.2) is 0 Å². The molecule has 0 radical (unpaired) electrons. The average molecular weight is 376 g/mol. The molecular formula is C21H26ClNO3. The van der Waals surface area contributed by atoms with E-state index >= 15 is 0 Å². The first kappa shape index (κ1) is 19.2. The van der Waals surface area contributed by atoms with Gasteiger partial charge in [-0.05, 0) is 42.7 Å². The molecule has 2 unspecified atom stereocenters. The summed E-state index contributed by atoms with van der Waals surface area (Å²) in [5, 5.41) is 11.1. The van der Waals surface area contributed by atoms with E-state index in [1.54, 1.807) is 12.1 Å². The van der Waals surface area contributed by atoms with E-state index in [2.05, 4.69) is 17.0 Å². The van der Waals surface area contributed by atoms with Crippen LogP contribution in [0.5, 0.6) is 5.75 Å². The third-order valence-corrected chi connectivity index (χ3v) is 4.71. The lowest BCUT2D eigenvalue weighted by molar-refractivity contribution is 0.0313. The van der Waals surface area contributed by atoms with Crippen molar-refractivity contribution in [2.24, 2.45) is 0 Å². The SMILES string of the molecule is OC(COc1ccc(Cl)cc1)CN(Cc1ccccc1)CC1CCCO1. The maximum atomic E-state index is 10.5. The second-order valence-electron chi connectivity index (χ2n) is 6.73. The van der Waals surface area contributed by atoms with Gasteiger partial charge in [-0.2, -0.15) is 0 Å². The van der Waals surface area contributed by atoms with Crippen molar-refractivity contribution in [1.82, 2.24) is 4.90 Å². The number of rotatable bonds is 9. The largest absolute Gasteiger partial charge is 0.491 e. The summed E-state index contributed by atoms with van der Waals surface area (Å²) in [5.74, 6) is 0.710. The monoisotopic (exact) mass is 375 g/mol. The summed E-state index contributed by atoms with van der Waals surface area (Å²) in [6.07, 6.45) is 1.88. The average Bonchev–Trinajstić information content (AvgIpc) is 3.15. The van der Waals surface area contributed by atoms with Crippen molar-refractivity contribution in [3.8, 4) is 5.75 Å². The lowest BCUT2D eigenvalue weighted by Crippen LogP contribution is -2.39. The molecule has 1 aliphatic heterocycles. The van der Waals surface area contributed by atoms with E-state index < -0.39 is 6.10 Å². The Morgan fingerprint density at radius 2 is 1.92 bits per heavy atom. The van der Waals surface area contributed by atoms with Crippen LogP contribution in [0.3, 0.4) is 0 Å². The van der Waals surface area contributed by atoms with E-state index in [0.29, 0.717) is 17.3 Å². The maximum Gasteiger partial charge on any atom is 0.119 e. The normalized spacial score (nSPS) is 18.2. The van der Waals surface area contributed by atoms with E-state index in [1.807, 2.05) is 30.3 Å². The lowest BCUT2D eigenvalue weighted by Gasteiger charge is -2.27. The van der Waals surface area contributed by atoms with Crippen LogP contribution in [-0.4, -0.2) is 48.5 Å². The summed E-state index contributed by atoms with van der Waals surface area (Å²) >= 11 is 5.88.